The molecule has 1 unspecified atom stereocenters. The van der Waals surface area contributed by atoms with E-state index in [1.807, 2.05) is 0 Å². The third kappa shape index (κ3) is 2.29. The summed E-state index contributed by atoms with van der Waals surface area (Å²) in [6.07, 6.45) is 2.43. The van der Waals surface area contributed by atoms with Crippen molar-refractivity contribution in [2.45, 2.75) is 32.7 Å². The van der Waals surface area contributed by atoms with Crippen LogP contribution in [0.2, 0.25) is 0 Å². The van der Waals surface area contributed by atoms with Gasteiger partial charge in [-0.05, 0) is 52.4 Å². The van der Waals surface area contributed by atoms with Crippen LogP contribution in [0.15, 0.2) is 22.6 Å². The minimum Gasteiger partial charge on any atom is -0.458 e. The first-order valence-electron chi connectivity index (χ1n) is 7.58. The van der Waals surface area contributed by atoms with Crippen molar-refractivity contribution >= 4 is 16.9 Å². The molecular formula is C16H23N3O. The van der Waals surface area contributed by atoms with Crippen LogP contribution in [0.25, 0.3) is 11.1 Å². The van der Waals surface area contributed by atoms with Gasteiger partial charge in [0.1, 0.15) is 17.1 Å². The van der Waals surface area contributed by atoms with Crippen molar-refractivity contribution < 1.29 is 4.42 Å². The fraction of sp³-hybridized carbons (Fsp3) is 0.562. The van der Waals surface area contributed by atoms with E-state index in [0.29, 0.717) is 6.04 Å². The minimum atomic E-state index is 0.418. The average molecular weight is 273 g/mol. The van der Waals surface area contributed by atoms with Gasteiger partial charge >= 0.3 is 0 Å². The zero-order valence-corrected chi connectivity index (χ0v) is 12.6. The Morgan fingerprint density at radius 1 is 1.35 bits per heavy atom. The first kappa shape index (κ1) is 13.4. The summed E-state index contributed by atoms with van der Waals surface area (Å²) in [5, 5.41) is 0. The van der Waals surface area contributed by atoms with Crippen molar-refractivity contribution in [3.63, 3.8) is 0 Å². The number of hydrogen-bond acceptors (Lipinski definition) is 4. The van der Waals surface area contributed by atoms with Gasteiger partial charge in [-0.1, -0.05) is 0 Å². The summed E-state index contributed by atoms with van der Waals surface area (Å²) in [5.41, 5.74) is 1.88. The van der Waals surface area contributed by atoms with Crippen molar-refractivity contribution in [1.29, 1.82) is 0 Å². The standard InChI is InChI=1S/C16H23N3O/c1-4-19(5-2)16-9-8-14-12(17-16)11-15(20-14)13-7-6-10-18(13)3/h8-9,11,13H,4-7,10H2,1-3H3. The van der Waals surface area contributed by atoms with E-state index in [9.17, 15) is 0 Å². The highest BCUT2D eigenvalue weighted by Gasteiger charge is 2.26. The van der Waals surface area contributed by atoms with E-state index < -0.39 is 0 Å². The molecule has 0 amide bonds. The molecule has 4 heteroatoms. The number of anilines is 1. The summed E-state index contributed by atoms with van der Waals surface area (Å²) in [5.74, 6) is 2.10. The molecule has 1 fully saturated rings. The number of nitrogens with zero attached hydrogens (tertiary/aromatic N) is 3. The van der Waals surface area contributed by atoms with Gasteiger partial charge in [0.15, 0.2) is 5.58 Å². The molecule has 3 rings (SSSR count). The molecule has 2 aromatic rings. The SMILES string of the molecule is CCN(CC)c1ccc2oc(C3CCCN3C)cc2n1. The second-order valence-corrected chi connectivity index (χ2v) is 5.51. The molecule has 2 aromatic heterocycles. The van der Waals surface area contributed by atoms with Crippen LogP contribution in [0.3, 0.4) is 0 Å². The summed E-state index contributed by atoms with van der Waals surface area (Å²) in [6, 6.07) is 6.64. The molecule has 4 nitrogen and oxygen atoms in total. The molecule has 1 aliphatic heterocycles. The average Bonchev–Trinajstić information content (AvgIpc) is 3.05. The number of likely N-dealkylation sites (tertiary alicyclic amines) is 1. The summed E-state index contributed by atoms with van der Waals surface area (Å²) >= 11 is 0. The molecular weight excluding hydrogens is 250 g/mol. The number of furan rings is 1. The third-order valence-corrected chi connectivity index (χ3v) is 4.31. The largest absolute Gasteiger partial charge is 0.458 e. The molecule has 0 saturated carbocycles. The van der Waals surface area contributed by atoms with Gasteiger partial charge in [0.25, 0.3) is 0 Å². The van der Waals surface area contributed by atoms with E-state index >= 15 is 0 Å². The Morgan fingerprint density at radius 3 is 2.80 bits per heavy atom. The van der Waals surface area contributed by atoms with Gasteiger partial charge in [-0.15, -0.1) is 0 Å². The van der Waals surface area contributed by atoms with E-state index in [1.165, 1.54) is 12.8 Å². The zero-order chi connectivity index (χ0) is 14.1. The second-order valence-electron chi connectivity index (χ2n) is 5.51. The van der Waals surface area contributed by atoms with E-state index in [2.05, 4.69) is 48.9 Å². The third-order valence-electron chi connectivity index (χ3n) is 4.31. The Hall–Kier alpha value is -1.55. The van der Waals surface area contributed by atoms with E-state index in [-0.39, 0.29) is 0 Å². The molecule has 0 radical (unpaired) electrons. The first-order chi connectivity index (χ1) is 9.72. The van der Waals surface area contributed by atoms with Gasteiger partial charge in [-0.3, -0.25) is 4.90 Å². The van der Waals surface area contributed by atoms with Crippen molar-refractivity contribution in [3.05, 3.63) is 24.0 Å². The highest BCUT2D eigenvalue weighted by atomic mass is 16.3. The van der Waals surface area contributed by atoms with Crippen molar-refractivity contribution in [3.8, 4) is 0 Å². The molecule has 1 aliphatic rings. The van der Waals surface area contributed by atoms with Gasteiger partial charge in [0, 0.05) is 19.2 Å². The molecule has 0 bridgehead atoms. The van der Waals surface area contributed by atoms with Crippen LogP contribution in [-0.2, 0) is 0 Å². The molecule has 1 atom stereocenters. The molecule has 20 heavy (non-hydrogen) atoms. The minimum absolute atomic E-state index is 0.418. The molecule has 3 heterocycles. The fourth-order valence-electron chi connectivity index (χ4n) is 3.09. The Morgan fingerprint density at radius 2 is 2.15 bits per heavy atom. The maximum Gasteiger partial charge on any atom is 0.152 e. The van der Waals surface area contributed by atoms with Crippen molar-refractivity contribution in [2.24, 2.45) is 0 Å². The van der Waals surface area contributed by atoms with E-state index in [4.69, 9.17) is 9.40 Å². The van der Waals surface area contributed by atoms with Gasteiger partial charge in [-0.2, -0.15) is 0 Å². The van der Waals surface area contributed by atoms with Crippen molar-refractivity contribution in [2.75, 3.05) is 31.6 Å². The van der Waals surface area contributed by atoms with Crippen LogP contribution in [0.5, 0.6) is 0 Å². The lowest BCUT2D eigenvalue weighted by Crippen LogP contribution is -2.22. The predicted octanol–water partition coefficient (Wildman–Crippen LogP) is 3.44. The lowest BCUT2D eigenvalue weighted by Gasteiger charge is -2.19. The van der Waals surface area contributed by atoms with Gasteiger partial charge in [-0.25, -0.2) is 4.98 Å². The summed E-state index contributed by atoms with van der Waals surface area (Å²) < 4.78 is 6.00. The monoisotopic (exact) mass is 273 g/mol. The number of aromatic nitrogens is 1. The van der Waals surface area contributed by atoms with Gasteiger partial charge < -0.3 is 9.32 Å². The summed E-state index contributed by atoms with van der Waals surface area (Å²) in [6.45, 7) is 7.42. The Kier molecular flexibility index (Phi) is 3.66. The molecule has 1 saturated heterocycles. The van der Waals surface area contributed by atoms with Gasteiger partial charge in [0.05, 0.1) is 6.04 Å². The zero-order valence-electron chi connectivity index (χ0n) is 12.6. The highest BCUT2D eigenvalue weighted by molar-refractivity contribution is 5.75. The smallest absolute Gasteiger partial charge is 0.152 e. The predicted molar refractivity (Wildman–Crippen MR) is 82.2 cm³/mol. The lowest BCUT2D eigenvalue weighted by atomic mass is 10.2. The second kappa shape index (κ2) is 5.44. The molecule has 0 spiro atoms. The Bertz CT molecular complexity index is 588. The fourth-order valence-corrected chi connectivity index (χ4v) is 3.09. The van der Waals surface area contributed by atoms with E-state index in [1.54, 1.807) is 0 Å². The number of hydrogen-bond donors (Lipinski definition) is 0. The topological polar surface area (TPSA) is 32.5 Å². The van der Waals surface area contributed by atoms with Gasteiger partial charge in [0.2, 0.25) is 0 Å². The first-order valence-corrected chi connectivity index (χ1v) is 7.58. The normalized spacial score (nSPS) is 19.9. The maximum atomic E-state index is 6.00. The summed E-state index contributed by atoms with van der Waals surface area (Å²) in [7, 11) is 2.17. The van der Waals surface area contributed by atoms with Crippen LogP contribution in [0.1, 0.15) is 38.5 Å². The molecule has 0 N–H and O–H groups in total. The lowest BCUT2D eigenvalue weighted by molar-refractivity contribution is 0.281. The highest BCUT2D eigenvalue weighted by Crippen LogP contribution is 2.33. The quantitative estimate of drug-likeness (QED) is 0.854. The molecule has 0 aromatic carbocycles. The Balaban J connectivity index is 1.95. The number of rotatable bonds is 4. The molecule has 108 valence electrons. The van der Waals surface area contributed by atoms with Crippen LogP contribution in [-0.4, -0.2) is 36.6 Å². The Labute approximate surface area is 120 Å². The van der Waals surface area contributed by atoms with Crippen LogP contribution in [0.4, 0.5) is 5.82 Å². The summed E-state index contributed by atoms with van der Waals surface area (Å²) in [4.78, 5) is 9.37. The van der Waals surface area contributed by atoms with Crippen molar-refractivity contribution in [1.82, 2.24) is 9.88 Å². The molecule has 0 aliphatic carbocycles. The number of pyridine rings is 1. The van der Waals surface area contributed by atoms with Crippen LogP contribution >= 0.6 is 0 Å². The van der Waals surface area contributed by atoms with Crippen LogP contribution < -0.4 is 4.90 Å². The number of fused-ring (bicyclic) bond motifs is 1. The maximum absolute atomic E-state index is 6.00. The van der Waals surface area contributed by atoms with E-state index in [0.717, 1.165) is 42.3 Å². The van der Waals surface area contributed by atoms with Crippen LogP contribution in [0, 0.1) is 0 Å².